The molecule has 0 bridgehead atoms. The van der Waals surface area contributed by atoms with Crippen molar-refractivity contribution in [3.8, 4) is 0 Å². The van der Waals surface area contributed by atoms with E-state index < -0.39 is 0 Å². The number of aromatic nitrogens is 2. The van der Waals surface area contributed by atoms with E-state index in [1.807, 2.05) is 24.3 Å². The lowest BCUT2D eigenvalue weighted by Gasteiger charge is -2.09. The molecule has 0 spiro atoms. The zero-order valence-electron chi connectivity index (χ0n) is 12.5. The Balaban J connectivity index is 1.67. The molecule has 1 saturated carbocycles. The van der Waals surface area contributed by atoms with Gasteiger partial charge in [0.2, 0.25) is 11.7 Å². The van der Waals surface area contributed by atoms with E-state index in [4.69, 9.17) is 15.0 Å². The maximum Gasteiger partial charge on any atom is 0.227 e. The molecule has 5 nitrogen and oxygen atoms in total. The zero-order chi connectivity index (χ0) is 14.8. The lowest BCUT2D eigenvalue weighted by molar-refractivity contribution is 0.0751. The molecule has 0 saturated heterocycles. The molecule has 2 unspecified atom stereocenters. The molecule has 2 atom stereocenters. The van der Waals surface area contributed by atoms with E-state index >= 15 is 0 Å². The molecule has 21 heavy (non-hydrogen) atoms. The highest BCUT2D eigenvalue weighted by Gasteiger charge is 2.35. The Labute approximate surface area is 124 Å². The molecule has 1 aromatic heterocycles. The average molecular weight is 287 g/mol. The fourth-order valence-corrected chi connectivity index (χ4v) is 2.58. The molecule has 1 heterocycles. The zero-order valence-corrected chi connectivity index (χ0v) is 12.5. The third-order valence-corrected chi connectivity index (χ3v) is 4.03. The van der Waals surface area contributed by atoms with Crippen molar-refractivity contribution in [2.45, 2.75) is 38.2 Å². The lowest BCUT2D eigenvalue weighted by atomic mass is 9.98. The number of nitrogens with zero attached hydrogens (tertiary/aromatic N) is 2. The number of methoxy groups -OCH3 is 1. The fourth-order valence-electron chi connectivity index (χ4n) is 2.58. The first kappa shape index (κ1) is 14.1. The van der Waals surface area contributed by atoms with Gasteiger partial charge in [-0.05, 0) is 42.4 Å². The maximum atomic E-state index is 5.71. The van der Waals surface area contributed by atoms with Gasteiger partial charge in [0.15, 0.2) is 0 Å². The van der Waals surface area contributed by atoms with Crippen LogP contribution >= 0.6 is 0 Å². The van der Waals surface area contributed by atoms with E-state index in [0.717, 1.165) is 12.1 Å². The van der Waals surface area contributed by atoms with Gasteiger partial charge in [-0.1, -0.05) is 24.2 Å². The molecular formula is C16H21N3O2. The fraction of sp³-hybridized carbons (Fsp3) is 0.500. The Hall–Kier alpha value is -1.88. The van der Waals surface area contributed by atoms with Crippen molar-refractivity contribution in [1.29, 1.82) is 0 Å². The molecule has 5 heteroatoms. The first-order valence-corrected chi connectivity index (χ1v) is 7.38. The molecule has 1 aliphatic carbocycles. The summed E-state index contributed by atoms with van der Waals surface area (Å²) in [7, 11) is 1.70. The van der Waals surface area contributed by atoms with Crippen LogP contribution in [-0.4, -0.2) is 17.3 Å². The number of ether oxygens (including phenoxy) is 1. The molecule has 1 fully saturated rings. The van der Waals surface area contributed by atoms with Gasteiger partial charge in [-0.3, -0.25) is 0 Å². The molecular weight excluding hydrogens is 266 g/mol. The smallest absolute Gasteiger partial charge is 0.227 e. The van der Waals surface area contributed by atoms with E-state index in [1.165, 1.54) is 18.4 Å². The maximum absolute atomic E-state index is 5.71. The van der Waals surface area contributed by atoms with E-state index in [2.05, 4.69) is 17.1 Å². The lowest BCUT2D eigenvalue weighted by Crippen LogP contribution is -2.06. The molecule has 2 aromatic rings. The summed E-state index contributed by atoms with van der Waals surface area (Å²) in [6.45, 7) is 2.14. The number of nitrogen functional groups attached to an aromatic ring is 1. The van der Waals surface area contributed by atoms with Gasteiger partial charge >= 0.3 is 0 Å². The molecule has 112 valence electrons. The summed E-state index contributed by atoms with van der Waals surface area (Å²) in [6, 6.07) is 7.91. The van der Waals surface area contributed by atoms with Crippen LogP contribution in [0.1, 0.15) is 49.1 Å². The Kier molecular flexibility index (Phi) is 3.92. The number of rotatable bonds is 6. The Morgan fingerprint density at radius 1 is 1.33 bits per heavy atom. The Morgan fingerprint density at radius 3 is 2.67 bits per heavy atom. The number of anilines is 1. The van der Waals surface area contributed by atoms with Crippen LogP contribution < -0.4 is 5.73 Å². The Morgan fingerprint density at radius 2 is 2.05 bits per heavy atom. The standard InChI is InChI=1S/C16H21N3O2/c1-10(11-5-7-13(17)8-6-11)9-14-18-16(19-21-14)15(20-2)12-3-4-12/h5-8,10,12,15H,3-4,9,17H2,1-2H3. The van der Waals surface area contributed by atoms with Crippen LogP contribution in [0.5, 0.6) is 0 Å². The minimum absolute atomic E-state index is 0.0191. The summed E-state index contributed by atoms with van der Waals surface area (Å²) >= 11 is 0. The number of benzene rings is 1. The number of nitrogens with two attached hydrogens (primary N) is 1. The quantitative estimate of drug-likeness (QED) is 0.826. The second-order valence-electron chi connectivity index (χ2n) is 5.81. The largest absolute Gasteiger partial charge is 0.399 e. The molecule has 1 aromatic carbocycles. The van der Waals surface area contributed by atoms with Crippen molar-refractivity contribution < 1.29 is 9.26 Å². The van der Waals surface area contributed by atoms with Gasteiger partial charge in [-0.2, -0.15) is 4.98 Å². The van der Waals surface area contributed by atoms with Crippen LogP contribution in [0.25, 0.3) is 0 Å². The molecule has 1 aliphatic rings. The van der Waals surface area contributed by atoms with Crippen molar-refractivity contribution in [3.63, 3.8) is 0 Å². The number of hydrogen-bond donors (Lipinski definition) is 1. The summed E-state index contributed by atoms with van der Waals surface area (Å²) in [5.74, 6) is 2.20. The molecule has 0 aliphatic heterocycles. The normalized spacial score (nSPS) is 17.6. The van der Waals surface area contributed by atoms with Gasteiger partial charge in [0.1, 0.15) is 6.10 Å². The minimum atomic E-state index is -0.0191. The number of hydrogen-bond acceptors (Lipinski definition) is 5. The third-order valence-electron chi connectivity index (χ3n) is 4.03. The van der Waals surface area contributed by atoms with Gasteiger partial charge in [0, 0.05) is 19.2 Å². The average Bonchev–Trinajstić information content (AvgIpc) is 3.21. The second kappa shape index (κ2) is 5.85. The van der Waals surface area contributed by atoms with Crippen LogP contribution in [0.15, 0.2) is 28.8 Å². The van der Waals surface area contributed by atoms with Crippen molar-refractivity contribution in [2.75, 3.05) is 12.8 Å². The molecule has 2 N–H and O–H groups in total. The first-order chi connectivity index (χ1) is 10.2. The van der Waals surface area contributed by atoms with Crippen molar-refractivity contribution >= 4 is 5.69 Å². The minimum Gasteiger partial charge on any atom is -0.399 e. The highest BCUT2D eigenvalue weighted by molar-refractivity contribution is 5.40. The second-order valence-corrected chi connectivity index (χ2v) is 5.81. The van der Waals surface area contributed by atoms with Crippen LogP contribution in [0.4, 0.5) is 5.69 Å². The van der Waals surface area contributed by atoms with E-state index in [0.29, 0.717) is 23.6 Å². The summed E-state index contributed by atoms with van der Waals surface area (Å²) in [5, 5.41) is 4.08. The van der Waals surface area contributed by atoms with Gasteiger partial charge in [0.25, 0.3) is 0 Å². The topological polar surface area (TPSA) is 74.2 Å². The highest BCUT2D eigenvalue weighted by Crippen LogP contribution is 2.42. The van der Waals surface area contributed by atoms with Crippen molar-refractivity contribution in [1.82, 2.24) is 10.1 Å². The van der Waals surface area contributed by atoms with Crippen LogP contribution in [0, 0.1) is 5.92 Å². The SMILES string of the molecule is COC(c1noc(CC(C)c2ccc(N)cc2)n1)C1CC1. The van der Waals surface area contributed by atoms with Gasteiger partial charge in [-0.25, -0.2) is 0 Å². The van der Waals surface area contributed by atoms with E-state index in [-0.39, 0.29) is 6.10 Å². The molecule has 0 radical (unpaired) electrons. The monoisotopic (exact) mass is 287 g/mol. The molecule has 0 amide bonds. The van der Waals surface area contributed by atoms with Crippen molar-refractivity contribution in [3.05, 3.63) is 41.5 Å². The predicted molar refractivity (Wildman–Crippen MR) is 79.7 cm³/mol. The first-order valence-electron chi connectivity index (χ1n) is 7.38. The van der Waals surface area contributed by atoms with Crippen LogP contribution in [-0.2, 0) is 11.2 Å². The summed E-state index contributed by atoms with van der Waals surface area (Å²) < 4.78 is 10.9. The summed E-state index contributed by atoms with van der Waals surface area (Å²) in [6.07, 6.45) is 3.07. The predicted octanol–water partition coefficient (Wildman–Crippen LogP) is 3.10. The van der Waals surface area contributed by atoms with Crippen LogP contribution in [0.3, 0.4) is 0 Å². The van der Waals surface area contributed by atoms with E-state index in [9.17, 15) is 0 Å². The van der Waals surface area contributed by atoms with Gasteiger partial charge in [0.05, 0.1) is 0 Å². The van der Waals surface area contributed by atoms with Gasteiger partial charge < -0.3 is 15.0 Å². The highest BCUT2D eigenvalue weighted by atomic mass is 16.5. The van der Waals surface area contributed by atoms with Gasteiger partial charge in [-0.15, -0.1) is 0 Å². The Bertz CT molecular complexity index is 590. The van der Waals surface area contributed by atoms with Crippen molar-refractivity contribution in [2.24, 2.45) is 5.92 Å². The molecule has 3 rings (SSSR count). The summed E-state index contributed by atoms with van der Waals surface area (Å²) in [5.41, 5.74) is 7.70. The third kappa shape index (κ3) is 3.24. The summed E-state index contributed by atoms with van der Waals surface area (Å²) in [4.78, 5) is 4.50. The van der Waals surface area contributed by atoms with E-state index in [1.54, 1.807) is 7.11 Å². The van der Waals surface area contributed by atoms with Crippen LogP contribution in [0.2, 0.25) is 0 Å².